The highest BCUT2D eigenvalue weighted by molar-refractivity contribution is 5.91. The molecule has 112 valence electrons. The number of H-pyrrole nitrogens is 1. The molecule has 4 rings (SSSR count). The van der Waals surface area contributed by atoms with Crippen LogP contribution in [0.3, 0.4) is 0 Å². The van der Waals surface area contributed by atoms with Gasteiger partial charge in [0.15, 0.2) is 5.65 Å². The quantitative estimate of drug-likeness (QED) is 0.756. The van der Waals surface area contributed by atoms with Crippen LogP contribution in [0, 0.1) is 13.1 Å². The van der Waals surface area contributed by atoms with Crippen LogP contribution in [0.2, 0.25) is 0 Å². The molecule has 3 aromatic heterocycles. The predicted molar refractivity (Wildman–Crippen MR) is 84.2 cm³/mol. The third kappa shape index (κ3) is 1.98. The molecule has 23 heavy (non-hydrogen) atoms. The zero-order chi connectivity index (χ0) is 15.9. The molecule has 0 radical (unpaired) electrons. The van der Waals surface area contributed by atoms with Gasteiger partial charge < -0.3 is 14.7 Å². The van der Waals surface area contributed by atoms with Gasteiger partial charge in [-0.3, -0.25) is 4.68 Å². The number of nitrogens with zero attached hydrogens (tertiary/aromatic N) is 6. The van der Waals surface area contributed by atoms with Crippen LogP contribution >= 0.6 is 0 Å². The molecule has 0 saturated heterocycles. The molecule has 0 aromatic carbocycles. The maximum atomic E-state index is 7.21. The van der Waals surface area contributed by atoms with Crippen molar-refractivity contribution < 1.29 is 0 Å². The van der Waals surface area contributed by atoms with Crippen molar-refractivity contribution in [2.24, 2.45) is 0 Å². The Hall–Kier alpha value is -3.19. The van der Waals surface area contributed by atoms with Gasteiger partial charge in [-0.25, -0.2) is 13.1 Å². The lowest BCUT2D eigenvalue weighted by Gasteiger charge is -2.37. The Kier molecular flexibility index (Phi) is 2.88. The van der Waals surface area contributed by atoms with E-state index in [1.54, 1.807) is 12.4 Å². The minimum Gasteiger partial charge on any atom is -0.345 e. The number of aromatic amines is 1. The van der Waals surface area contributed by atoms with Crippen LogP contribution in [0.15, 0.2) is 30.9 Å². The maximum absolute atomic E-state index is 7.21. The lowest BCUT2D eigenvalue weighted by Crippen LogP contribution is -2.50. The van der Waals surface area contributed by atoms with E-state index in [9.17, 15) is 0 Å². The number of hydrogen-bond donors (Lipinski definition) is 1. The molecule has 0 unspecified atom stereocenters. The first-order valence-corrected chi connectivity index (χ1v) is 7.30. The van der Waals surface area contributed by atoms with Crippen LogP contribution in [-0.2, 0) is 5.54 Å². The van der Waals surface area contributed by atoms with Gasteiger partial charge in [0.1, 0.15) is 5.54 Å². The topological polar surface area (TPSA) is 68.1 Å². The Morgan fingerprint density at radius 3 is 3.00 bits per heavy atom. The van der Waals surface area contributed by atoms with Gasteiger partial charge in [0.05, 0.1) is 25.2 Å². The first kappa shape index (κ1) is 13.5. The minimum atomic E-state index is -0.340. The smallest absolute Gasteiger partial charge is 0.240 e. The van der Waals surface area contributed by atoms with E-state index in [2.05, 4.69) is 30.0 Å². The number of rotatable bonds is 3. The lowest BCUT2D eigenvalue weighted by atomic mass is 9.73. The Labute approximate surface area is 132 Å². The lowest BCUT2D eigenvalue weighted by molar-refractivity contribution is 0.135. The summed E-state index contributed by atoms with van der Waals surface area (Å²) in [5.74, 6) is 0. The average molecular weight is 303 g/mol. The summed E-state index contributed by atoms with van der Waals surface area (Å²) in [5, 5.41) is 13.5. The van der Waals surface area contributed by atoms with E-state index in [1.165, 1.54) is 0 Å². The zero-order valence-corrected chi connectivity index (χ0v) is 12.3. The molecule has 0 bridgehead atoms. The third-order valence-electron chi connectivity index (χ3n) is 4.53. The highest BCUT2D eigenvalue weighted by Gasteiger charge is 2.53. The van der Waals surface area contributed by atoms with Gasteiger partial charge in [0.2, 0.25) is 12.6 Å². The summed E-state index contributed by atoms with van der Waals surface area (Å²) < 4.78 is 1.86. The van der Waals surface area contributed by atoms with E-state index in [-0.39, 0.29) is 11.6 Å². The van der Waals surface area contributed by atoms with Gasteiger partial charge >= 0.3 is 0 Å². The highest BCUT2D eigenvalue weighted by atomic mass is 15.3. The first-order chi connectivity index (χ1) is 11.3. The SMILES string of the molecule is [C-]#[N+]CC1(n2cc(-c3cnnc4[nH]ccc34)cn2)CC([N+]#[C-])C1. The van der Waals surface area contributed by atoms with Crippen LogP contribution in [0.5, 0.6) is 0 Å². The standard InChI is InChI=1S/C16H13N7/c1-17-10-16(5-12(6-16)18-2)23-9-11(7-21-23)14-8-20-22-15-13(14)3-4-19-15/h3-4,7-9,12H,5-6,10H2,(H,19,22). The molecule has 1 N–H and O–H groups in total. The Morgan fingerprint density at radius 2 is 2.22 bits per heavy atom. The minimum absolute atomic E-state index is 0.00312. The molecule has 0 atom stereocenters. The number of aromatic nitrogens is 5. The largest absolute Gasteiger partial charge is 0.345 e. The van der Waals surface area contributed by atoms with E-state index < -0.39 is 0 Å². The second-order valence-corrected chi connectivity index (χ2v) is 5.90. The molecule has 1 aliphatic carbocycles. The van der Waals surface area contributed by atoms with Crippen LogP contribution in [-0.4, -0.2) is 37.5 Å². The molecule has 1 aliphatic rings. The number of nitrogens with one attached hydrogen (secondary N) is 1. The monoisotopic (exact) mass is 303 g/mol. The van der Waals surface area contributed by atoms with Gasteiger partial charge in [0, 0.05) is 28.9 Å². The first-order valence-electron chi connectivity index (χ1n) is 7.30. The van der Waals surface area contributed by atoms with Crippen LogP contribution < -0.4 is 0 Å². The Balaban J connectivity index is 1.74. The fourth-order valence-corrected chi connectivity index (χ4v) is 3.27. The molecule has 0 amide bonds. The summed E-state index contributed by atoms with van der Waals surface area (Å²) in [7, 11) is 0. The Morgan fingerprint density at radius 1 is 1.35 bits per heavy atom. The summed E-state index contributed by atoms with van der Waals surface area (Å²) in [4.78, 5) is 10.2. The summed E-state index contributed by atoms with van der Waals surface area (Å²) in [5.41, 5.74) is 2.30. The van der Waals surface area contributed by atoms with Crippen LogP contribution in [0.25, 0.3) is 31.9 Å². The normalized spacial score (nSPS) is 23.1. The molecular weight excluding hydrogens is 290 g/mol. The summed E-state index contributed by atoms with van der Waals surface area (Å²) in [6.45, 7) is 14.7. The summed E-state index contributed by atoms with van der Waals surface area (Å²) in [6, 6.07) is 1.97. The average Bonchev–Trinajstić information content (AvgIpc) is 3.18. The van der Waals surface area contributed by atoms with Crippen molar-refractivity contribution in [2.75, 3.05) is 6.54 Å². The zero-order valence-electron chi connectivity index (χ0n) is 12.3. The Bertz CT molecular complexity index is 947. The van der Waals surface area contributed by atoms with E-state index in [0.29, 0.717) is 19.4 Å². The van der Waals surface area contributed by atoms with Crippen molar-refractivity contribution in [1.82, 2.24) is 25.0 Å². The molecule has 7 heteroatoms. The van der Waals surface area contributed by atoms with Crippen molar-refractivity contribution in [2.45, 2.75) is 24.4 Å². The maximum Gasteiger partial charge on any atom is 0.240 e. The van der Waals surface area contributed by atoms with E-state index in [1.807, 2.05) is 23.1 Å². The van der Waals surface area contributed by atoms with Crippen molar-refractivity contribution in [3.05, 3.63) is 53.7 Å². The van der Waals surface area contributed by atoms with Gasteiger partial charge in [-0.2, -0.15) is 10.2 Å². The van der Waals surface area contributed by atoms with E-state index in [0.717, 1.165) is 22.2 Å². The second kappa shape index (κ2) is 4.92. The summed E-state index contributed by atoms with van der Waals surface area (Å²) in [6.07, 6.45) is 8.68. The summed E-state index contributed by atoms with van der Waals surface area (Å²) >= 11 is 0. The van der Waals surface area contributed by atoms with Gasteiger partial charge in [-0.05, 0) is 6.07 Å². The van der Waals surface area contributed by atoms with Gasteiger partial charge in [-0.15, -0.1) is 5.10 Å². The second-order valence-electron chi connectivity index (χ2n) is 5.90. The van der Waals surface area contributed by atoms with Gasteiger partial charge in [0.25, 0.3) is 0 Å². The van der Waals surface area contributed by atoms with Crippen LogP contribution in [0.4, 0.5) is 0 Å². The van der Waals surface area contributed by atoms with Crippen molar-refractivity contribution in [3.8, 4) is 11.1 Å². The highest BCUT2D eigenvalue weighted by Crippen LogP contribution is 2.42. The van der Waals surface area contributed by atoms with E-state index in [4.69, 9.17) is 13.1 Å². The molecular formula is C16H13N7. The number of hydrogen-bond acceptors (Lipinski definition) is 3. The molecule has 7 nitrogen and oxygen atoms in total. The third-order valence-corrected chi connectivity index (χ3v) is 4.53. The molecule has 0 spiro atoms. The fourth-order valence-electron chi connectivity index (χ4n) is 3.27. The van der Waals surface area contributed by atoms with Crippen molar-refractivity contribution in [1.29, 1.82) is 0 Å². The molecule has 0 aliphatic heterocycles. The molecule has 3 aromatic rings. The van der Waals surface area contributed by atoms with E-state index >= 15 is 0 Å². The number of fused-ring (bicyclic) bond motifs is 1. The molecule has 3 heterocycles. The van der Waals surface area contributed by atoms with Crippen LogP contribution in [0.1, 0.15) is 12.8 Å². The predicted octanol–water partition coefficient (Wildman–Crippen LogP) is 2.52. The van der Waals surface area contributed by atoms with Crippen molar-refractivity contribution in [3.63, 3.8) is 0 Å². The molecule has 1 fully saturated rings. The van der Waals surface area contributed by atoms with Crippen molar-refractivity contribution >= 4 is 11.0 Å². The van der Waals surface area contributed by atoms with Gasteiger partial charge in [-0.1, -0.05) is 0 Å². The fraction of sp³-hybridized carbons (Fsp3) is 0.312. The molecule has 1 saturated carbocycles.